The molecule has 0 heterocycles. The van der Waals surface area contributed by atoms with E-state index < -0.39 is 36.9 Å². The molecule has 0 amide bonds. The first-order valence-corrected chi connectivity index (χ1v) is 5.70. The Bertz CT molecular complexity index is 425. The van der Waals surface area contributed by atoms with E-state index in [1.54, 1.807) is 0 Å². The van der Waals surface area contributed by atoms with Crippen molar-refractivity contribution >= 4 is 0 Å². The van der Waals surface area contributed by atoms with E-state index in [1.165, 1.54) is 20.1 Å². The van der Waals surface area contributed by atoms with Gasteiger partial charge in [-0.2, -0.15) is 0 Å². The maximum atomic E-state index is 13.3. The Labute approximate surface area is 109 Å². The van der Waals surface area contributed by atoms with Crippen LogP contribution in [-0.2, 0) is 5.41 Å². The van der Waals surface area contributed by atoms with Crippen molar-refractivity contribution in [3.05, 3.63) is 29.6 Å². The molecular weight excluding hydrogens is 264 g/mol. The average molecular weight is 280 g/mol. The van der Waals surface area contributed by atoms with Gasteiger partial charge >= 0.3 is 0 Å². The zero-order valence-electron chi connectivity index (χ0n) is 10.7. The quantitative estimate of drug-likeness (QED) is 0.811. The highest BCUT2D eigenvalue weighted by atomic mass is 19.3. The fourth-order valence-electron chi connectivity index (χ4n) is 1.95. The smallest absolute Gasteiger partial charge is 0.264 e. The van der Waals surface area contributed by atoms with E-state index in [-0.39, 0.29) is 11.3 Å². The number of methoxy groups -OCH3 is 1. The van der Waals surface area contributed by atoms with Gasteiger partial charge in [-0.1, -0.05) is 13.0 Å². The number of hydrogen-bond acceptors (Lipinski definition) is 2. The van der Waals surface area contributed by atoms with E-state index in [9.17, 15) is 22.7 Å². The number of aliphatic hydroxyl groups excluding tert-OH is 1. The van der Waals surface area contributed by atoms with Gasteiger partial charge in [0.15, 0.2) is 0 Å². The minimum absolute atomic E-state index is 0.0709. The summed E-state index contributed by atoms with van der Waals surface area (Å²) in [5.41, 5.74) is -1.12. The molecule has 0 fully saturated rings. The van der Waals surface area contributed by atoms with Gasteiger partial charge < -0.3 is 9.84 Å². The minimum atomic E-state index is -2.96. The Hall–Kier alpha value is -1.30. The van der Waals surface area contributed by atoms with Gasteiger partial charge in [-0.3, -0.25) is 4.39 Å². The van der Waals surface area contributed by atoms with E-state index >= 15 is 0 Å². The molecule has 2 unspecified atom stereocenters. The van der Waals surface area contributed by atoms with Crippen molar-refractivity contribution in [2.45, 2.75) is 31.3 Å². The Kier molecular flexibility index (Phi) is 5.17. The summed E-state index contributed by atoms with van der Waals surface area (Å²) >= 11 is 0. The van der Waals surface area contributed by atoms with Gasteiger partial charge in [-0.05, 0) is 12.5 Å². The predicted molar refractivity (Wildman–Crippen MR) is 62.9 cm³/mol. The molecule has 0 saturated carbocycles. The number of halogens is 4. The van der Waals surface area contributed by atoms with E-state index in [1.807, 2.05) is 0 Å². The molecule has 0 aliphatic carbocycles. The van der Waals surface area contributed by atoms with Crippen LogP contribution in [0.4, 0.5) is 17.6 Å². The van der Waals surface area contributed by atoms with Crippen molar-refractivity contribution in [3.8, 4) is 5.75 Å². The molecule has 0 radical (unpaired) electrons. The first-order chi connectivity index (χ1) is 8.84. The molecule has 0 aromatic heterocycles. The average Bonchev–Trinajstić information content (AvgIpc) is 2.37. The fraction of sp³-hybridized carbons (Fsp3) is 0.538. The zero-order valence-corrected chi connectivity index (χ0v) is 10.7. The summed E-state index contributed by atoms with van der Waals surface area (Å²) in [6.45, 7) is 0.410. The van der Waals surface area contributed by atoms with E-state index in [0.29, 0.717) is 0 Å². The maximum Gasteiger partial charge on any atom is 0.264 e. The third kappa shape index (κ3) is 3.59. The van der Waals surface area contributed by atoms with E-state index in [0.717, 1.165) is 12.1 Å². The highest BCUT2D eigenvalue weighted by Crippen LogP contribution is 2.37. The molecule has 1 aromatic rings. The second-order valence-corrected chi connectivity index (χ2v) is 4.64. The number of alkyl halides is 3. The third-order valence-electron chi connectivity index (χ3n) is 3.06. The first kappa shape index (κ1) is 15.8. The van der Waals surface area contributed by atoms with Crippen LogP contribution in [0.25, 0.3) is 0 Å². The largest absolute Gasteiger partial charge is 0.496 e. The molecular formula is C13H16F4O2. The normalized spacial score (nSPS) is 16.2. The molecule has 1 aromatic carbocycles. The van der Waals surface area contributed by atoms with Gasteiger partial charge in [0.2, 0.25) is 0 Å². The fourth-order valence-corrected chi connectivity index (χ4v) is 1.95. The van der Waals surface area contributed by atoms with E-state index in [4.69, 9.17) is 4.74 Å². The minimum Gasteiger partial charge on any atom is -0.496 e. The summed E-state index contributed by atoms with van der Waals surface area (Å²) in [4.78, 5) is 0. The molecule has 0 saturated heterocycles. The van der Waals surface area contributed by atoms with Crippen LogP contribution in [-0.4, -0.2) is 31.4 Å². The summed E-state index contributed by atoms with van der Waals surface area (Å²) in [7, 11) is 1.28. The SMILES string of the molecule is COc1cc(F)ccc1C(C)(CF)CC(O)C(F)F. The molecule has 2 atom stereocenters. The molecule has 0 bridgehead atoms. The van der Waals surface area contributed by atoms with Crippen molar-refractivity contribution in [2.24, 2.45) is 0 Å². The standard InChI is InChI=1S/C13H16F4O2/c1-13(7-14,6-10(18)12(16)17)9-4-3-8(15)5-11(9)19-2/h3-5,10,12,18H,6-7H2,1-2H3. The lowest BCUT2D eigenvalue weighted by Crippen LogP contribution is -2.33. The molecule has 108 valence electrons. The lowest BCUT2D eigenvalue weighted by molar-refractivity contribution is -0.0226. The predicted octanol–water partition coefficient (Wildman–Crippen LogP) is 3.08. The van der Waals surface area contributed by atoms with Crippen molar-refractivity contribution in [3.63, 3.8) is 0 Å². The summed E-state index contributed by atoms with van der Waals surface area (Å²) in [6.07, 6.45) is -5.39. The number of ether oxygens (including phenoxy) is 1. The van der Waals surface area contributed by atoms with Gasteiger partial charge in [0.05, 0.1) is 13.8 Å². The van der Waals surface area contributed by atoms with Crippen LogP contribution in [0.3, 0.4) is 0 Å². The van der Waals surface area contributed by atoms with Crippen LogP contribution in [0, 0.1) is 5.82 Å². The number of hydrogen-bond donors (Lipinski definition) is 1. The molecule has 0 aliphatic rings. The Morgan fingerprint density at radius 1 is 1.37 bits per heavy atom. The number of benzene rings is 1. The summed E-state index contributed by atoms with van der Waals surface area (Å²) in [5.74, 6) is -0.502. The van der Waals surface area contributed by atoms with Crippen LogP contribution in [0.1, 0.15) is 18.9 Å². The van der Waals surface area contributed by atoms with Crippen LogP contribution in [0.15, 0.2) is 18.2 Å². The highest BCUT2D eigenvalue weighted by molar-refractivity contribution is 5.40. The topological polar surface area (TPSA) is 29.5 Å². The second-order valence-electron chi connectivity index (χ2n) is 4.64. The van der Waals surface area contributed by atoms with Crippen LogP contribution in [0.2, 0.25) is 0 Å². The zero-order chi connectivity index (χ0) is 14.6. The summed E-state index contributed by atoms with van der Waals surface area (Å²) < 4.78 is 56.1. The Morgan fingerprint density at radius 3 is 2.47 bits per heavy atom. The Morgan fingerprint density at radius 2 is 2.00 bits per heavy atom. The van der Waals surface area contributed by atoms with E-state index in [2.05, 4.69) is 0 Å². The molecule has 1 N–H and O–H groups in total. The summed E-state index contributed by atoms with van der Waals surface area (Å²) in [5, 5.41) is 9.24. The van der Waals surface area contributed by atoms with Gasteiger partial charge in [-0.25, -0.2) is 13.2 Å². The maximum absolute atomic E-state index is 13.3. The van der Waals surface area contributed by atoms with Crippen LogP contribution < -0.4 is 4.74 Å². The van der Waals surface area contributed by atoms with Gasteiger partial charge in [0, 0.05) is 17.0 Å². The lowest BCUT2D eigenvalue weighted by atomic mass is 9.78. The second kappa shape index (κ2) is 6.23. The van der Waals surface area contributed by atoms with Gasteiger partial charge in [0.1, 0.15) is 17.7 Å². The van der Waals surface area contributed by atoms with Crippen molar-refractivity contribution < 1.29 is 27.4 Å². The molecule has 2 nitrogen and oxygen atoms in total. The van der Waals surface area contributed by atoms with Crippen molar-refractivity contribution in [1.29, 1.82) is 0 Å². The third-order valence-corrected chi connectivity index (χ3v) is 3.06. The Balaban J connectivity index is 3.14. The molecule has 19 heavy (non-hydrogen) atoms. The summed E-state index contributed by atoms with van der Waals surface area (Å²) in [6, 6.07) is 3.43. The first-order valence-electron chi connectivity index (χ1n) is 5.70. The molecule has 0 spiro atoms. The number of aliphatic hydroxyl groups is 1. The van der Waals surface area contributed by atoms with Gasteiger partial charge in [-0.15, -0.1) is 0 Å². The van der Waals surface area contributed by atoms with Crippen molar-refractivity contribution in [1.82, 2.24) is 0 Å². The number of rotatable bonds is 6. The van der Waals surface area contributed by atoms with Crippen molar-refractivity contribution in [2.75, 3.05) is 13.8 Å². The monoisotopic (exact) mass is 280 g/mol. The molecule has 0 aliphatic heterocycles. The van der Waals surface area contributed by atoms with Crippen LogP contribution in [0.5, 0.6) is 5.75 Å². The molecule has 1 rings (SSSR count). The van der Waals surface area contributed by atoms with Crippen LogP contribution >= 0.6 is 0 Å². The lowest BCUT2D eigenvalue weighted by Gasteiger charge is -2.30. The molecule has 6 heteroatoms. The van der Waals surface area contributed by atoms with Gasteiger partial charge in [0.25, 0.3) is 6.43 Å². The highest BCUT2D eigenvalue weighted by Gasteiger charge is 2.35.